The molecule has 1 heterocycles. The van der Waals surface area contributed by atoms with Gasteiger partial charge in [0, 0.05) is 7.05 Å². The molecule has 1 saturated heterocycles. The lowest BCUT2D eigenvalue weighted by Gasteiger charge is -2.15. The first-order valence-electron chi connectivity index (χ1n) is 7.57. The van der Waals surface area contributed by atoms with Crippen LogP contribution in [0, 0.1) is 5.92 Å². The van der Waals surface area contributed by atoms with Crippen LogP contribution in [0.2, 0.25) is 0 Å². The van der Waals surface area contributed by atoms with Crippen LogP contribution < -0.4 is 4.74 Å². The second-order valence-electron chi connectivity index (χ2n) is 6.09. The third-order valence-corrected chi connectivity index (χ3v) is 4.91. The quantitative estimate of drug-likeness (QED) is 0.817. The van der Waals surface area contributed by atoms with Gasteiger partial charge in [0.05, 0.1) is 17.9 Å². The third-order valence-electron chi connectivity index (χ3n) is 4.91. The Hall–Kier alpha value is -2.36. The van der Waals surface area contributed by atoms with Gasteiger partial charge in [-0.3, -0.25) is 14.5 Å². The molecule has 2 aliphatic rings. The smallest absolute Gasteiger partial charge is 0.240 e. The zero-order chi connectivity index (χ0) is 15.5. The number of hydrogen-bond acceptors (Lipinski definition) is 3. The van der Waals surface area contributed by atoms with Crippen molar-refractivity contribution in [2.75, 3.05) is 13.7 Å². The molecule has 2 aromatic rings. The predicted molar refractivity (Wildman–Crippen MR) is 82.7 cm³/mol. The van der Waals surface area contributed by atoms with Crippen molar-refractivity contribution in [3.8, 4) is 5.75 Å². The molecule has 2 amide bonds. The molecule has 0 radical (unpaired) electrons. The summed E-state index contributed by atoms with van der Waals surface area (Å²) in [5, 5.41) is 2.14. The van der Waals surface area contributed by atoms with E-state index in [1.807, 2.05) is 43.3 Å². The van der Waals surface area contributed by atoms with Gasteiger partial charge in [0.15, 0.2) is 0 Å². The summed E-state index contributed by atoms with van der Waals surface area (Å²) in [6.07, 6.45) is 0.650. The first-order valence-corrected chi connectivity index (χ1v) is 7.57. The Bertz CT molecular complexity index is 813. The molecule has 2 unspecified atom stereocenters. The van der Waals surface area contributed by atoms with Crippen LogP contribution in [-0.2, 0) is 15.0 Å². The Kier molecular flexibility index (Phi) is 2.61. The van der Waals surface area contributed by atoms with Gasteiger partial charge in [-0.05, 0) is 41.8 Å². The first-order chi connectivity index (χ1) is 10.6. The summed E-state index contributed by atoms with van der Waals surface area (Å²) in [6, 6.07) is 12.0. The molecule has 1 aliphatic heterocycles. The van der Waals surface area contributed by atoms with Gasteiger partial charge in [-0.1, -0.05) is 24.3 Å². The average Bonchev–Trinajstić information content (AvgIpc) is 3.25. The van der Waals surface area contributed by atoms with E-state index in [0.717, 1.165) is 22.1 Å². The van der Waals surface area contributed by atoms with Gasteiger partial charge in [0.1, 0.15) is 5.75 Å². The van der Waals surface area contributed by atoms with E-state index in [2.05, 4.69) is 0 Å². The van der Waals surface area contributed by atoms with Crippen LogP contribution in [0.3, 0.4) is 0 Å². The van der Waals surface area contributed by atoms with Crippen LogP contribution in [0.15, 0.2) is 36.4 Å². The Morgan fingerprint density at radius 3 is 2.59 bits per heavy atom. The summed E-state index contributed by atoms with van der Waals surface area (Å²) >= 11 is 0. The molecular weight excluding hydrogens is 278 g/mol. The molecule has 0 N–H and O–H groups in total. The molecule has 0 bridgehead atoms. The standard InChI is InChI=1S/C18H17NO3/c1-3-22-14-7-5-11-8-13(6-4-12(11)9-14)18-10-15(18)16(20)19(2)17(18)21/h4-9,15H,3,10H2,1-2H3. The fourth-order valence-electron chi connectivity index (χ4n) is 3.63. The van der Waals surface area contributed by atoms with Crippen molar-refractivity contribution in [2.45, 2.75) is 18.8 Å². The average molecular weight is 295 g/mol. The second kappa shape index (κ2) is 4.32. The fraction of sp³-hybridized carbons (Fsp3) is 0.333. The number of hydrogen-bond donors (Lipinski definition) is 0. The summed E-state index contributed by atoms with van der Waals surface area (Å²) in [4.78, 5) is 25.7. The number of amides is 2. The Morgan fingerprint density at radius 1 is 1.18 bits per heavy atom. The largest absolute Gasteiger partial charge is 0.494 e. The molecule has 2 aromatic carbocycles. The van der Waals surface area contributed by atoms with E-state index in [-0.39, 0.29) is 17.7 Å². The minimum absolute atomic E-state index is 0.0446. The van der Waals surface area contributed by atoms with Gasteiger partial charge in [-0.15, -0.1) is 0 Å². The van der Waals surface area contributed by atoms with E-state index in [1.165, 1.54) is 4.90 Å². The molecule has 4 heteroatoms. The topological polar surface area (TPSA) is 46.6 Å². The molecule has 2 atom stereocenters. The maximum absolute atomic E-state index is 12.4. The summed E-state index contributed by atoms with van der Waals surface area (Å²) in [5.41, 5.74) is 0.357. The van der Waals surface area contributed by atoms with Gasteiger partial charge in [0.2, 0.25) is 11.8 Å². The van der Waals surface area contributed by atoms with Crippen molar-refractivity contribution in [2.24, 2.45) is 5.92 Å². The van der Waals surface area contributed by atoms with E-state index >= 15 is 0 Å². The normalized spacial score (nSPS) is 26.5. The number of ether oxygens (including phenoxy) is 1. The number of benzene rings is 2. The number of piperidine rings is 1. The number of fused-ring (bicyclic) bond motifs is 2. The number of carbonyl (C=O) groups is 2. The van der Waals surface area contributed by atoms with E-state index in [0.29, 0.717) is 13.0 Å². The summed E-state index contributed by atoms with van der Waals surface area (Å²) < 4.78 is 5.51. The van der Waals surface area contributed by atoms with E-state index in [4.69, 9.17) is 4.74 Å². The Balaban J connectivity index is 1.77. The highest BCUT2D eigenvalue weighted by atomic mass is 16.5. The van der Waals surface area contributed by atoms with E-state index in [9.17, 15) is 9.59 Å². The van der Waals surface area contributed by atoms with Crippen LogP contribution >= 0.6 is 0 Å². The summed E-state index contributed by atoms with van der Waals surface area (Å²) in [5.74, 6) is 0.576. The van der Waals surface area contributed by atoms with Gasteiger partial charge in [0.25, 0.3) is 0 Å². The number of likely N-dealkylation sites (tertiary alicyclic amines) is 1. The van der Waals surface area contributed by atoms with Crippen molar-refractivity contribution in [1.29, 1.82) is 0 Å². The molecule has 1 saturated carbocycles. The van der Waals surface area contributed by atoms with Crippen molar-refractivity contribution < 1.29 is 14.3 Å². The zero-order valence-electron chi connectivity index (χ0n) is 12.6. The highest BCUT2D eigenvalue weighted by Crippen LogP contribution is 2.60. The van der Waals surface area contributed by atoms with Gasteiger partial charge < -0.3 is 4.74 Å². The molecule has 2 fully saturated rings. The lowest BCUT2D eigenvalue weighted by Crippen LogP contribution is -2.32. The first kappa shape index (κ1) is 13.3. The monoisotopic (exact) mass is 295 g/mol. The minimum Gasteiger partial charge on any atom is -0.494 e. The molecule has 4 nitrogen and oxygen atoms in total. The number of rotatable bonds is 3. The molecule has 22 heavy (non-hydrogen) atoms. The molecule has 1 aliphatic carbocycles. The van der Waals surface area contributed by atoms with Gasteiger partial charge in [-0.25, -0.2) is 0 Å². The van der Waals surface area contributed by atoms with Crippen LogP contribution in [0.4, 0.5) is 0 Å². The minimum atomic E-state index is -0.599. The Labute approximate surface area is 128 Å². The summed E-state index contributed by atoms with van der Waals surface area (Å²) in [6.45, 7) is 2.59. The number of imide groups is 1. The highest BCUT2D eigenvalue weighted by molar-refractivity contribution is 6.15. The number of likely N-dealkylation sites (N-methyl/N-ethyl adjacent to an activating group) is 1. The molecule has 4 rings (SSSR count). The van der Waals surface area contributed by atoms with Crippen molar-refractivity contribution in [1.82, 2.24) is 4.90 Å². The number of carbonyl (C=O) groups excluding carboxylic acids is 2. The summed E-state index contributed by atoms with van der Waals surface area (Å²) in [7, 11) is 1.58. The van der Waals surface area contributed by atoms with Crippen molar-refractivity contribution in [3.05, 3.63) is 42.0 Å². The van der Waals surface area contributed by atoms with Crippen molar-refractivity contribution in [3.63, 3.8) is 0 Å². The predicted octanol–water partition coefficient (Wildman–Crippen LogP) is 2.49. The lowest BCUT2D eigenvalue weighted by molar-refractivity contribution is -0.140. The third kappa shape index (κ3) is 1.58. The highest BCUT2D eigenvalue weighted by Gasteiger charge is 2.71. The van der Waals surface area contributed by atoms with Crippen LogP contribution in [-0.4, -0.2) is 30.4 Å². The van der Waals surface area contributed by atoms with Crippen LogP contribution in [0.5, 0.6) is 5.75 Å². The lowest BCUT2D eigenvalue weighted by atomic mass is 9.92. The van der Waals surface area contributed by atoms with Crippen LogP contribution in [0.1, 0.15) is 18.9 Å². The molecule has 0 spiro atoms. The SMILES string of the molecule is CCOc1ccc2cc(C34CC3C(=O)N(C)C4=O)ccc2c1. The van der Waals surface area contributed by atoms with Crippen molar-refractivity contribution >= 4 is 22.6 Å². The second-order valence-corrected chi connectivity index (χ2v) is 6.09. The zero-order valence-corrected chi connectivity index (χ0v) is 12.6. The maximum atomic E-state index is 12.4. The van der Waals surface area contributed by atoms with Gasteiger partial charge >= 0.3 is 0 Å². The molecule has 0 aromatic heterocycles. The van der Waals surface area contributed by atoms with Gasteiger partial charge in [-0.2, -0.15) is 0 Å². The number of nitrogens with zero attached hydrogens (tertiary/aromatic N) is 1. The van der Waals surface area contributed by atoms with E-state index in [1.54, 1.807) is 7.05 Å². The fourth-order valence-corrected chi connectivity index (χ4v) is 3.63. The Morgan fingerprint density at radius 2 is 1.91 bits per heavy atom. The maximum Gasteiger partial charge on any atom is 0.240 e. The van der Waals surface area contributed by atoms with Crippen LogP contribution in [0.25, 0.3) is 10.8 Å². The molecule has 112 valence electrons. The molecular formula is C18H17NO3. The van der Waals surface area contributed by atoms with E-state index < -0.39 is 5.41 Å².